The Kier molecular flexibility index (Phi) is 42.0. The van der Waals surface area contributed by atoms with Crippen LogP contribution in [0.2, 0.25) is 0 Å². The van der Waals surface area contributed by atoms with E-state index in [0.717, 1.165) is 19.1 Å². The molecule has 0 atom stereocenters. The molecule has 0 fully saturated rings. The van der Waals surface area contributed by atoms with Crippen molar-refractivity contribution in [3.05, 3.63) is 0 Å². The summed E-state index contributed by atoms with van der Waals surface area (Å²) in [5.74, 6) is 1.02. The first-order valence-corrected chi connectivity index (χ1v) is 22.6. The Balaban J connectivity index is 3.89. The molecule has 0 saturated carbocycles. The summed E-state index contributed by atoms with van der Waals surface area (Å²) in [5, 5.41) is 0. The van der Waals surface area contributed by atoms with Gasteiger partial charge in [-0.1, -0.05) is 220 Å². The van der Waals surface area contributed by atoms with Crippen LogP contribution >= 0.6 is 0 Å². The van der Waals surface area contributed by atoms with Crippen LogP contribution in [0.25, 0.3) is 0 Å². The van der Waals surface area contributed by atoms with E-state index in [1.807, 2.05) is 0 Å². The zero-order valence-corrected chi connectivity index (χ0v) is 33.7. The third-order valence-corrected chi connectivity index (χ3v) is 10.8. The Morgan fingerprint density at radius 3 is 0.936 bits per heavy atom. The molecule has 47 heavy (non-hydrogen) atoms. The lowest BCUT2D eigenvalue weighted by Crippen LogP contribution is -2.27. The second-order valence-electron chi connectivity index (χ2n) is 15.6. The van der Waals surface area contributed by atoms with E-state index < -0.39 is 0 Å². The highest BCUT2D eigenvalue weighted by molar-refractivity contribution is 4.63. The highest BCUT2D eigenvalue weighted by atomic mass is 16.5. The van der Waals surface area contributed by atoms with E-state index in [-0.39, 0.29) is 0 Å². The van der Waals surface area contributed by atoms with E-state index in [0.29, 0.717) is 0 Å². The van der Waals surface area contributed by atoms with Crippen molar-refractivity contribution in [1.82, 2.24) is 4.90 Å². The number of rotatable bonds is 42. The number of hydrogen-bond donors (Lipinski definition) is 0. The molecular weight excluding hydrogens is 571 g/mol. The van der Waals surface area contributed by atoms with Crippen LogP contribution in [-0.2, 0) is 4.74 Å². The Labute approximate surface area is 300 Å². The van der Waals surface area contributed by atoms with Crippen LogP contribution in [0.3, 0.4) is 0 Å². The first-order valence-electron chi connectivity index (χ1n) is 22.6. The van der Waals surface area contributed by atoms with Gasteiger partial charge in [0.15, 0.2) is 0 Å². The number of ether oxygens (including phenoxy) is 1. The second kappa shape index (κ2) is 42.1. The van der Waals surface area contributed by atoms with Crippen LogP contribution in [0.4, 0.5) is 0 Å². The molecule has 0 aromatic carbocycles. The summed E-state index contributed by atoms with van der Waals surface area (Å²) < 4.78 is 5.89. The first-order chi connectivity index (χ1) is 23.3. The SMILES string of the molecule is CCCCCCCCCOCCCCCCCCN(CCCC)CCCCCCCC(CCCCCCCC)CCCCCCCC. The topological polar surface area (TPSA) is 12.5 Å². The molecule has 0 bridgehead atoms. The van der Waals surface area contributed by atoms with Gasteiger partial charge in [0.05, 0.1) is 0 Å². The maximum absolute atomic E-state index is 5.89. The van der Waals surface area contributed by atoms with Crippen molar-refractivity contribution >= 4 is 0 Å². The third kappa shape index (κ3) is 38.6. The van der Waals surface area contributed by atoms with Gasteiger partial charge in [0.25, 0.3) is 0 Å². The molecule has 0 aromatic rings. The van der Waals surface area contributed by atoms with Crippen LogP contribution < -0.4 is 0 Å². The quantitative estimate of drug-likeness (QED) is 0.0603. The first kappa shape index (κ1) is 46.9. The summed E-state index contributed by atoms with van der Waals surface area (Å²) >= 11 is 0. The lowest BCUT2D eigenvalue weighted by atomic mass is 9.89. The van der Waals surface area contributed by atoms with Crippen molar-refractivity contribution in [3.63, 3.8) is 0 Å². The van der Waals surface area contributed by atoms with Crippen molar-refractivity contribution < 1.29 is 4.74 Å². The molecule has 2 heteroatoms. The molecule has 0 N–H and O–H groups in total. The Morgan fingerprint density at radius 1 is 0.298 bits per heavy atom. The Hall–Kier alpha value is -0.0800. The van der Waals surface area contributed by atoms with Crippen LogP contribution in [-0.4, -0.2) is 37.7 Å². The summed E-state index contributed by atoms with van der Waals surface area (Å²) in [5.41, 5.74) is 0. The minimum Gasteiger partial charge on any atom is -0.381 e. The van der Waals surface area contributed by atoms with Gasteiger partial charge in [-0.15, -0.1) is 0 Å². The summed E-state index contributed by atoms with van der Waals surface area (Å²) in [7, 11) is 0. The van der Waals surface area contributed by atoms with Crippen molar-refractivity contribution in [2.45, 2.75) is 252 Å². The zero-order valence-electron chi connectivity index (χ0n) is 33.7. The van der Waals surface area contributed by atoms with E-state index in [1.165, 1.54) is 244 Å². The average molecular weight is 664 g/mol. The van der Waals surface area contributed by atoms with Gasteiger partial charge in [0, 0.05) is 13.2 Å². The summed E-state index contributed by atoms with van der Waals surface area (Å²) in [4.78, 5) is 2.80. The van der Waals surface area contributed by atoms with Crippen molar-refractivity contribution in [2.75, 3.05) is 32.8 Å². The molecule has 0 aliphatic heterocycles. The number of hydrogen-bond acceptors (Lipinski definition) is 2. The number of unbranched alkanes of at least 4 members (excludes halogenated alkanes) is 26. The van der Waals surface area contributed by atoms with Gasteiger partial charge in [-0.2, -0.15) is 0 Å². The van der Waals surface area contributed by atoms with Crippen LogP contribution in [0.5, 0.6) is 0 Å². The molecule has 0 aliphatic carbocycles. The molecule has 0 amide bonds. The maximum Gasteiger partial charge on any atom is 0.0466 e. The molecule has 0 heterocycles. The van der Waals surface area contributed by atoms with E-state index in [2.05, 4.69) is 32.6 Å². The number of nitrogens with zero attached hydrogens (tertiary/aromatic N) is 1. The standard InChI is InChI=1S/C45H93NO/c1-5-9-13-16-20-28-35-43-47-44-36-29-21-19-26-33-41-46(40-12-8-4)42-34-27-22-25-32-39-45(37-30-23-17-14-10-6-2)38-31-24-18-15-11-7-3/h45H,5-44H2,1-4H3. The monoisotopic (exact) mass is 664 g/mol. The van der Waals surface area contributed by atoms with E-state index in [1.54, 1.807) is 0 Å². The van der Waals surface area contributed by atoms with Gasteiger partial charge < -0.3 is 9.64 Å². The molecule has 284 valence electrons. The van der Waals surface area contributed by atoms with E-state index in [4.69, 9.17) is 4.74 Å². The maximum atomic E-state index is 5.89. The third-order valence-electron chi connectivity index (χ3n) is 10.8. The van der Waals surface area contributed by atoms with Gasteiger partial charge in [-0.25, -0.2) is 0 Å². The minimum atomic E-state index is 0.986. The Bertz CT molecular complexity index is 520. The Morgan fingerprint density at radius 2 is 0.574 bits per heavy atom. The average Bonchev–Trinajstić information content (AvgIpc) is 3.08. The molecule has 0 aliphatic rings. The summed E-state index contributed by atoms with van der Waals surface area (Å²) in [6.07, 6.45) is 49.8. The molecule has 2 nitrogen and oxygen atoms in total. The molecular formula is C45H93NO. The van der Waals surface area contributed by atoms with Gasteiger partial charge in [-0.05, 0) is 57.7 Å². The van der Waals surface area contributed by atoms with Gasteiger partial charge in [0.1, 0.15) is 0 Å². The lowest BCUT2D eigenvalue weighted by Gasteiger charge is -2.22. The summed E-state index contributed by atoms with van der Waals surface area (Å²) in [6, 6.07) is 0. The predicted molar refractivity (Wildman–Crippen MR) is 215 cm³/mol. The highest BCUT2D eigenvalue weighted by Gasteiger charge is 2.09. The smallest absolute Gasteiger partial charge is 0.0466 e. The largest absolute Gasteiger partial charge is 0.381 e. The van der Waals surface area contributed by atoms with Gasteiger partial charge >= 0.3 is 0 Å². The van der Waals surface area contributed by atoms with Crippen molar-refractivity contribution in [3.8, 4) is 0 Å². The molecule has 0 rings (SSSR count). The molecule has 0 unspecified atom stereocenters. The van der Waals surface area contributed by atoms with Crippen LogP contribution in [0.1, 0.15) is 252 Å². The molecule has 0 saturated heterocycles. The molecule has 0 spiro atoms. The fourth-order valence-electron chi connectivity index (χ4n) is 7.39. The van der Waals surface area contributed by atoms with Gasteiger partial charge in [-0.3, -0.25) is 0 Å². The predicted octanol–water partition coefficient (Wildman–Crippen LogP) is 15.7. The van der Waals surface area contributed by atoms with Crippen LogP contribution in [0.15, 0.2) is 0 Å². The summed E-state index contributed by atoms with van der Waals surface area (Å²) in [6.45, 7) is 15.3. The highest BCUT2D eigenvalue weighted by Crippen LogP contribution is 2.25. The fourth-order valence-corrected chi connectivity index (χ4v) is 7.39. The normalized spacial score (nSPS) is 11.9. The molecule has 0 radical (unpaired) electrons. The van der Waals surface area contributed by atoms with E-state index >= 15 is 0 Å². The second-order valence-corrected chi connectivity index (χ2v) is 15.6. The van der Waals surface area contributed by atoms with E-state index in [9.17, 15) is 0 Å². The zero-order chi connectivity index (χ0) is 34.1. The minimum absolute atomic E-state index is 0.986. The van der Waals surface area contributed by atoms with Gasteiger partial charge in [0.2, 0.25) is 0 Å². The lowest BCUT2D eigenvalue weighted by molar-refractivity contribution is 0.125. The van der Waals surface area contributed by atoms with Crippen molar-refractivity contribution in [1.29, 1.82) is 0 Å². The molecule has 0 aromatic heterocycles. The van der Waals surface area contributed by atoms with Crippen molar-refractivity contribution in [2.24, 2.45) is 5.92 Å². The fraction of sp³-hybridized carbons (Fsp3) is 1.00. The van der Waals surface area contributed by atoms with Crippen LogP contribution in [0, 0.1) is 5.92 Å².